The quantitative estimate of drug-likeness (QED) is 0.285. The van der Waals surface area contributed by atoms with Crippen LogP contribution < -0.4 is 9.47 Å². The number of aliphatic hydroxyl groups is 6. The molecular formula is C18H26O11. The molecule has 1 aromatic carbocycles. The van der Waals surface area contributed by atoms with Crippen molar-refractivity contribution in [1.29, 1.82) is 0 Å². The van der Waals surface area contributed by atoms with Gasteiger partial charge >= 0.3 is 0 Å². The van der Waals surface area contributed by atoms with Crippen molar-refractivity contribution in [1.82, 2.24) is 0 Å². The van der Waals surface area contributed by atoms with Crippen molar-refractivity contribution in [2.75, 3.05) is 20.3 Å². The number of rotatable bonds is 6. The molecule has 0 aromatic heterocycles. The Balaban J connectivity index is 1.64. The van der Waals surface area contributed by atoms with Crippen LogP contribution in [0.4, 0.5) is 0 Å². The molecular weight excluding hydrogens is 392 g/mol. The zero-order valence-corrected chi connectivity index (χ0v) is 15.6. The molecule has 0 bridgehead atoms. The molecule has 0 aliphatic carbocycles. The van der Waals surface area contributed by atoms with Crippen molar-refractivity contribution < 1.29 is 54.3 Å². The highest BCUT2D eigenvalue weighted by molar-refractivity contribution is 5.39. The van der Waals surface area contributed by atoms with Crippen molar-refractivity contribution in [3.8, 4) is 11.5 Å². The van der Waals surface area contributed by atoms with Crippen LogP contribution in [0.2, 0.25) is 0 Å². The molecule has 2 heterocycles. The van der Waals surface area contributed by atoms with E-state index in [1.807, 2.05) is 0 Å². The predicted molar refractivity (Wildman–Crippen MR) is 94.0 cm³/mol. The molecule has 0 spiro atoms. The molecule has 0 amide bonds. The number of ether oxygens (including phenoxy) is 5. The maximum absolute atomic E-state index is 10.2. The standard InChI is InChI=1S/C18H26O11/c1-25-9-4-2-3-5-10(9)28-18-16(24)14(22)13(21)11(29-18)7-27-17-15(23)12(20)8(19)6-26-17/h2-5,8,11-24H,6-7H2,1H3/t8-,11-,12+,13-,14+,15-,16-,17+,18-/m1/s1. The lowest BCUT2D eigenvalue weighted by molar-refractivity contribution is -0.307. The fourth-order valence-electron chi connectivity index (χ4n) is 3.11. The Bertz CT molecular complexity index is 658. The normalized spacial score (nSPS) is 40.4. The summed E-state index contributed by atoms with van der Waals surface area (Å²) < 4.78 is 26.8. The molecule has 0 saturated carbocycles. The van der Waals surface area contributed by atoms with Crippen LogP contribution in [-0.4, -0.2) is 106 Å². The van der Waals surface area contributed by atoms with Gasteiger partial charge in [0.25, 0.3) is 0 Å². The molecule has 11 heteroatoms. The molecule has 164 valence electrons. The zero-order chi connectivity index (χ0) is 21.1. The van der Waals surface area contributed by atoms with E-state index in [1.165, 1.54) is 7.11 Å². The van der Waals surface area contributed by atoms with Gasteiger partial charge in [0.15, 0.2) is 17.8 Å². The van der Waals surface area contributed by atoms with E-state index in [0.717, 1.165) is 0 Å². The third-order valence-corrected chi connectivity index (χ3v) is 4.86. The number of methoxy groups -OCH3 is 1. The molecule has 2 aliphatic rings. The molecule has 0 radical (unpaired) electrons. The second-order valence-electron chi connectivity index (χ2n) is 6.87. The monoisotopic (exact) mass is 418 g/mol. The molecule has 2 fully saturated rings. The number of hydrogen-bond donors (Lipinski definition) is 6. The van der Waals surface area contributed by atoms with Gasteiger partial charge in [-0.1, -0.05) is 12.1 Å². The first-order chi connectivity index (χ1) is 13.8. The molecule has 11 nitrogen and oxygen atoms in total. The lowest BCUT2D eigenvalue weighted by atomic mass is 9.99. The highest BCUT2D eigenvalue weighted by atomic mass is 16.7. The summed E-state index contributed by atoms with van der Waals surface area (Å²) in [7, 11) is 1.44. The Morgan fingerprint density at radius 1 is 0.862 bits per heavy atom. The van der Waals surface area contributed by atoms with E-state index in [-0.39, 0.29) is 19.0 Å². The Labute approximate surface area is 166 Å². The van der Waals surface area contributed by atoms with Crippen molar-refractivity contribution >= 4 is 0 Å². The van der Waals surface area contributed by atoms with E-state index in [0.29, 0.717) is 5.75 Å². The van der Waals surface area contributed by atoms with Crippen LogP contribution in [-0.2, 0) is 14.2 Å². The summed E-state index contributed by atoms with van der Waals surface area (Å²) in [6, 6.07) is 6.62. The van der Waals surface area contributed by atoms with Crippen molar-refractivity contribution in [3.05, 3.63) is 24.3 Å². The number of para-hydroxylation sites is 2. The maximum Gasteiger partial charge on any atom is 0.229 e. The van der Waals surface area contributed by atoms with Crippen LogP contribution >= 0.6 is 0 Å². The highest BCUT2D eigenvalue weighted by Gasteiger charge is 2.46. The van der Waals surface area contributed by atoms with Crippen LogP contribution in [0.5, 0.6) is 11.5 Å². The Kier molecular flexibility index (Phi) is 7.27. The van der Waals surface area contributed by atoms with Gasteiger partial charge in [0, 0.05) is 0 Å². The van der Waals surface area contributed by atoms with Gasteiger partial charge < -0.3 is 54.3 Å². The van der Waals surface area contributed by atoms with Crippen molar-refractivity contribution in [2.24, 2.45) is 0 Å². The van der Waals surface area contributed by atoms with Crippen LogP contribution in [0.3, 0.4) is 0 Å². The first kappa shape index (κ1) is 22.2. The van der Waals surface area contributed by atoms with Gasteiger partial charge in [-0.05, 0) is 12.1 Å². The van der Waals surface area contributed by atoms with Crippen molar-refractivity contribution in [3.63, 3.8) is 0 Å². The first-order valence-electron chi connectivity index (χ1n) is 9.10. The number of benzene rings is 1. The lowest BCUT2D eigenvalue weighted by Gasteiger charge is -2.41. The SMILES string of the molecule is COc1ccccc1O[C@@H]1O[C@H](CO[C@@H]2OC[C@@H](O)[C@H](O)[C@H]2O)[C@@H](O)[C@H](O)[C@H]1O. The van der Waals surface area contributed by atoms with Gasteiger partial charge in [0.05, 0.1) is 20.3 Å². The minimum Gasteiger partial charge on any atom is -0.493 e. The second kappa shape index (κ2) is 9.51. The zero-order valence-electron chi connectivity index (χ0n) is 15.6. The molecule has 2 aliphatic heterocycles. The molecule has 29 heavy (non-hydrogen) atoms. The molecule has 6 N–H and O–H groups in total. The largest absolute Gasteiger partial charge is 0.493 e. The second-order valence-corrected chi connectivity index (χ2v) is 6.87. The summed E-state index contributed by atoms with van der Waals surface area (Å²) in [5, 5.41) is 59.6. The molecule has 2 saturated heterocycles. The minimum atomic E-state index is -1.60. The van der Waals surface area contributed by atoms with E-state index in [9.17, 15) is 30.6 Å². The maximum atomic E-state index is 10.2. The van der Waals surface area contributed by atoms with E-state index in [1.54, 1.807) is 24.3 Å². The van der Waals surface area contributed by atoms with E-state index in [2.05, 4.69) is 0 Å². The van der Waals surface area contributed by atoms with Gasteiger partial charge in [-0.15, -0.1) is 0 Å². The summed E-state index contributed by atoms with van der Waals surface area (Å²) in [6.07, 6.45) is -12.7. The van der Waals surface area contributed by atoms with Crippen LogP contribution in [0.1, 0.15) is 0 Å². The summed E-state index contributed by atoms with van der Waals surface area (Å²) in [5.41, 5.74) is 0. The highest BCUT2D eigenvalue weighted by Crippen LogP contribution is 2.31. The van der Waals surface area contributed by atoms with Crippen molar-refractivity contribution in [2.45, 2.75) is 55.3 Å². The molecule has 9 atom stereocenters. The Morgan fingerprint density at radius 3 is 2.21 bits per heavy atom. The van der Waals surface area contributed by atoms with Gasteiger partial charge in [0.2, 0.25) is 6.29 Å². The van der Waals surface area contributed by atoms with Crippen LogP contribution in [0.15, 0.2) is 24.3 Å². The third kappa shape index (κ3) is 4.79. The smallest absolute Gasteiger partial charge is 0.229 e. The van der Waals surface area contributed by atoms with Gasteiger partial charge in [0.1, 0.15) is 42.7 Å². The Hall–Kier alpha value is -1.54. The predicted octanol–water partition coefficient (Wildman–Crippen LogP) is -2.66. The number of hydrogen-bond acceptors (Lipinski definition) is 11. The third-order valence-electron chi connectivity index (χ3n) is 4.86. The molecule has 0 unspecified atom stereocenters. The summed E-state index contributed by atoms with van der Waals surface area (Å²) in [6.45, 7) is -0.612. The van der Waals surface area contributed by atoms with E-state index in [4.69, 9.17) is 23.7 Å². The molecule has 1 aromatic rings. The van der Waals surface area contributed by atoms with Gasteiger partial charge in [-0.3, -0.25) is 0 Å². The fourth-order valence-corrected chi connectivity index (χ4v) is 3.11. The fraction of sp³-hybridized carbons (Fsp3) is 0.667. The van der Waals surface area contributed by atoms with Gasteiger partial charge in [-0.2, -0.15) is 0 Å². The number of aliphatic hydroxyl groups excluding tert-OH is 6. The van der Waals surface area contributed by atoms with Gasteiger partial charge in [-0.25, -0.2) is 0 Å². The minimum absolute atomic E-state index is 0.252. The van der Waals surface area contributed by atoms with E-state index >= 15 is 0 Å². The summed E-state index contributed by atoms with van der Waals surface area (Å²) in [5.74, 6) is 0.633. The van der Waals surface area contributed by atoms with Crippen LogP contribution in [0.25, 0.3) is 0 Å². The van der Waals surface area contributed by atoms with Crippen LogP contribution in [0, 0.1) is 0 Å². The summed E-state index contributed by atoms with van der Waals surface area (Å²) in [4.78, 5) is 0. The first-order valence-corrected chi connectivity index (χ1v) is 9.10. The average molecular weight is 418 g/mol. The summed E-state index contributed by atoms with van der Waals surface area (Å²) >= 11 is 0. The van der Waals surface area contributed by atoms with E-state index < -0.39 is 55.3 Å². The molecule has 3 rings (SSSR count). The lowest BCUT2D eigenvalue weighted by Crippen LogP contribution is -2.61. The Morgan fingerprint density at radius 2 is 1.52 bits per heavy atom. The topological polar surface area (TPSA) is 168 Å². The average Bonchev–Trinajstić information content (AvgIpc) is 2.73.